The second-order valence-corrected chi connectivity index (χ2v) is 6.55. The lowest BCUT2D eigenvalue weighted by molar-refractivity contribution is -0.140. The highest BCUT2D eigenvalue weighted by Gasteiger charge is 2.42. The first-order valence-corrected chi connectivity index (χ1v) is 8.30. The van der Waals surface area contributed by atoms with Crippen molar-refractivity contribution in [3.8, 4) is 0 Å². The molecule has 1 fully saturated rings. The fraction of sp³-hybridized carbons (Fsp3) is 0.286. The summed E-state index contributed by atoms with van der Waals surface area (Å²) >= 11 is 0. The predicted octanol–water partition coefficient (Wildman–Crippen LogP) is 3.91. The lowest BCUT2D eigenvalue weighted by atomic mass is 10.0. The van der Waals surface area contributed by atoms with Crippen LogP contribution >= 0.6 is 0 Å². The van der Waals surface area contributed by atoms with Gasteiger partial charge in [0.05, 0.1) is 12.6 Å². The van der Waals surface area contributed by atoms with Crippen molar-refractivity contribution in [3.63, 3.8) is 0 Å². The third kappa shape index (κ3) is 3.74. The summed E-state index contributed by atoms with van der Waals surface area (Å²) in [4.78, 5) is 14.7. The average Bonchev–Trinajstić information content (AvgIpc) is 2.89. The van der Waals surface area contributed by atoms with Crippen molar-refractivity contribution in [3.05, 3.63) is 77.9 Å². The van der Waals surface area contributed by atoms with Crippen molar-refractivity contribution in [2.24, 2.45) is 0 Å². The minimum Gasteiger partial charge on any atom is -0.354 e. The van der Waals surface area contributed by atoms with E-state index in [1.54, 1.807) is 6.08 Å². The molecule has 1 aliphatic heterocycles. The molecule has 0 aromatic heterocycles. The molecule has 1 aliphatic rings. The van der Waals surface area contributed by atoms with Crippen molar-refractivity contribution in [2.75, 3.05) is 6.61 Å². The Labute approximate surface area is 143 Å². The van der Waals surface area contributed by atoms with Crippen LogP contribution in [0, 0.1) is 0 Å². The van der Waals surface area contributed by atoms with E-state index in [1.807, 2.05) is 73.4 Å². The number of hydrogen-bond acceptors (Lipinski definition) is 2. The van der Waals surface area contributed by atoms with Gasteiger partial charge >= 0.3 is 0 Å². The van der Waals surface area contributed by atoms with E-state index in [0.717, 1.165) is 12.0 Å². The lowest BCUT2D eigenvalue weighted by Gasteiger charge is -2.33. The van der Waals surface area contributed by atoms with Crippen LogP contribution in [0.25, 0.3) is 6.08 Å². The summed E-state index contributed by atoms with van der Waals surface area (Å²) in [6.07, 6.45) is 4.30. The van der Waals surface area contributed by atoms with Gasteiger partial charge in [0.25, 0.3) is 0 Å². The van der Waals surface area contributed by atoms with Crippen LogP contribution in [0.2, 0.25) is 0 Å². The number of amides is 1. The molecule has 2 aromatic rings. The number of carbonyl (C=O) groups is 1. The van der Waals surface area contributed by atoms with Gasteiger partial charge in [0, 0.05) is 6.08 Å². The van der Waals surface area contributed by atoms with Crippen molar-refractivity contribution in [1.29, 1.82) is 0 Å². The standard InChI is InChI=1S/C21H23NO2/c1-21(2)22(20(23)14-13-17-9-5-3-6-10-17)19(16-24-21)15-18-11-7-4-8-12-18/h3-14,19H,15-16H2,1-2H3/b14-13+/t19-/m0/s1. The maximum atomic E-state index is 12.8. The van der Waals surface area contributed by atoms with Crippen molar-refractivity contribution in [1.82, 2.24) is 4.90 Å². The van der Waals surface area contributed by atoms with Gasteiger partial charge in [-0.3, -0.25) is 4.79 Å². The van der Waals surface area contributed by atoms with E-state index in [0.29, 0.717) is 6.61 Å². The number of rotatable bonds is 4. The maximum absolute atomic E-state index is 12.8. The van der Waals surface area contributed by atoms with Gasteiger partial charge in [-0.05, 0) is 37.5 Å². The van der Waals surface area contributed by atoms with E-state index in [1.165, 1.54) is 5.56 Å². The molecular weight excluding hydrogens is 298 g/mol. The summed E-state index contributed by atoms with van der Waals surface area (Å²) in [7, 11) is 0. The van der Waals surface area contributed by atoms with E-state index < -0.39 is 5.72 Å². The molecule has 3 heteroatoms. The van der Waals surface area contributed by atoms with E-state index in [9.17, 15) is 4.79 Å². The Morgan fingerprint density at radius 1 is 1.12 bits per heavy atom. The minimum absolute atomic E-state index is 0.0118. The summed E-state index contributed by atoms with van der Waals surface area (Å²) in [5.74, 6) is -0.0118. The van der Waals surface area contributed by atoms with Crippen LogP contribution < -0.4 is 0 Å². The Morgan fingerprint density at radius 3 is 2.42 bits per heavy atom. The Hall–Kier alpha value is -2.39. The first-order chi connectivity index (χ1) is 11.6. The van der Waals surface area contributed by atoms with E-state index in [2.05, 4.69) is 12.1 Å². The van der Waals surface area contributed by atoms with Gasteiger partial charge in [-0.1, -0.05) is 60.7 Å². The third-order valence-electron chi connectivity index (χ3n) is 4.34. The molecule has 0 bridgehead atoms. The van der Waals surface area contributed by atoms with Gasteiger partial charge in [0.2, 0.25) is 5.91 Å². The molecule has 124 valence electrons. The van der Waals surface area contributed by atoms with Crippen LogP contribution in [0.5, 0.6) is 0 Å². The van der Waals surface area contributed by atoms with Gasteiger partial charge in [-0.25, -0.2) is 0 Å². The molecule has 0 spiro atoms. The highest BCUT2D eigenvalue weighted by Crippen LogP contribution is 2.29. The zero-order valence-corrected chi connectivity index (χ0v) is 14.2. The lowest BCUT2D eigenvalue weighted by Crippen LogP contribution is -2.47. The molecule has 0 radical (unpaired) electrons. The predicted molar refractivity (Wildman–Crippen MR) is 96.3 cm³/mol. The molecule has 1 saturated heterocycles. The van der Waals surface area contributed by atoms with Crippen LogP contribution in [0.4, 0.5) is 0 Å². The Kier molecular flexibility index (Phi) is 4.81. The van der Waals surface area contributed by atoms with Crippen molar-refractivity contribution >= 4 is 12.0 Å². The van der Waals surface area contributed by atoms with Gasteiger partial charge in [0.15, 0.2) is 0 Å². The summed E-state index contributed by atoms with van der Waals surface area (Å²) in [5, 5.41) is 0. The topological polar surface area (TPSA) is 29.5 Å². The second kappa shape index (κ2) is 7.02. The molecule has 1 amide bonds. The summed E-state index contributed by atoms with van der Waals surface area (Å²) in [6, 6.07) is 20.1. The van der Waals surface area contributed by atoms with Gasteiger partial charge in [-0.15, -0.1) is 0 Å². The normalized spacial score (nSPS) is 19.8. The van der Waals surface area contributed by atoms with E-state index >= 15 is 0 Å². The van der Waals surface area contributed by atoms with Crippen molar-refractivity contribution in [2.45, 2.75) is 32.0 Å². The second-order valence-electron chi connectivity index (χ2n) is 6.55. The quantitative estimate of drug-likeness (QED) is 0.799. The van der Waals surface area contributed by atoms with Crippen molar-refractivity contribution < 1.29 is 9.53 Å². The maximum Gasteiger partial charge on any atom is 0.249 e. The zero-order chi connectivity index (χ0) is 17.0. The van der Waals surface area contributed by atoms with Gasteiger partial charge < -0.3 is 9.64 Å². The molecule has 0 unspecified atom stereocenters. The molecule has 0 aliphatic carbocycles. The number of carbonyl (C=O) groups excluding carboxylic acids is 1. The Bertz CT molecular complexity index is 707. The first kappa shape index (κ1) is 16.5. The largest absolute Gasteiger partial charge is 0.354 e. The molecule has 1 heterocycles. The average molecular weight is 321 g/mol. The molecular formula is C21H23NO2. The molecule has 24 heavy (non-hydrogen) atoms. The summed E-state index contributed by atoms with van der Waals surface area (Å²) in [6.45, 7) is 4.46. The smallest absolute Gasteiger partial charge is 0.249 e. The van der Waals surface area contributed by atoms with Crippen LogP contribution in [0.3, 0.4) is 0 Å². The van der Waals surface area contributed by atoms with Gasteiger partial charge in [-0.2, -0.15) is 0 Å². The zero-order valence-electron chi connectivity index (χ0n) is 14.2. The molecule has 3 rings (SSSR count). The number of nitrogens with zero attached hydrogens (tertiary/aromatic N) is 1. The number of hydrogen-bond donors (Lipinski definition) is 0. The molecule has 1 atom stereocenters. The molecule has 2 aromatic carbocycles. The molecule has 3 nitrogen and oxygen atoms in total. The van der Waals surface area contributed by atoms with E-state index in [-0.39, 0.29) is 11.9 Å². The Morgan fingerprint density at radius 2 is 1.75 bits per heavy atom. The van der Waals surface area contributed by atoms with Crippen LogP contribution in [-0.4, -0.2) is 29.2 Å². The highest BCUT2D eigenvalue weighted by atomic mass is 16.5. The molecule has 0 saturated carbocycles. The number of benzene rings is 2. The fourth-order valence-corrected chi connectivity index (χ4v) is 3.18. The highest BCUT2D eigenvalue weighted by molar-refractivity contribution is 5.92. The van der Waals surface area contributed by atoms with Crippen LogP contribution in [0.1, 0.15) is 25.0 Å². The number of ether oxygens (including phenoxy) is 1. The summed E-state index contributed by atoms with van der Waals surface area (Å²) < 4.78 is 5.88. The van der Waals surface area contributed by atoms with E-state index in [4.69, 9.17) is 4.74 Å². The van der Waals surface area contributed by atoms with Crippen LogP contribution in [-0.2, 0) is 16.0 Å². The fourth-order valence-electron chi connectivity index (χ4n) is 3.18. The Balaban J connectivity index is 1.76. The molecule has 0 N–H and O–H groups in total. The third-order valence-corrected chi connectivity index (χ3v) is 4.34. The SMILES string of the molecule is CC1(C)OC[C@H](Cc2ccccc2)N1C(=O)/C=C/c1ccccc1. The first-order valence-electron chi connectivity index (χ1n) is 8.30. The monoisotopic (exact) mass is 321 g/mol. The van der Waals surface area contributed by atoms with Crippen LogP contribution in [0.15, 0.2) is 66.7 Å². The van der Waals surface area contributed by atoms with Gasteiger partial charge in [0.1, 0.15) is 5.72 Å². The summed E-state index contributed by atoms with van der Waals surface area (Å²) in [5.41, 5.74) is 1.65. The minimum atomic E-state index is -0.586.